The highest BCUT2D eigenvalue weighted by atomic mass is 35.5. The molecule has 1 aliphatic heterocycles. The third kappa shape index (κ3) is 5.91. The molecule has 1 saturated heterocycles. The topological polar surface area (TPSA) is 62.2 Å². The van der Waals surface area contributed by atoms with E-state index in [4.69, 9.17) is 0 Å². The quantitative estimate of drug-likeness (QED) is 0.734. The molecule has 0 aliphatic carbocycles. The van der Waals surface area contributed by atoms with Gasteiger partial charge < -0.3 is 15.5 Å². The smallest absolute Gasteiger partial charge is 0.225 e. The normalized spacial score (nSPS) is 18.5. The van der Waals surface area contributed by atoms with Gasteiger partial charge >= 0.3 is 0 Å². The highest BCUT2D eigenvalue weighted by Gasteiger charge is 2.34. The molecule has 2 N–H and O–H groups in total. The van der Waals surface area contributed by atoms with Gasteiger partial charge in [-0.3, -0.25) is 9.48 Å². The highest BCUT2D eigenvalue weighted by Crippen LogP contribution is 2.28. The molecule has 0 bridgehead atoms. The van der Waals surface area contributed by atoms with Crippen molar-refractivity contribution in [2.24, 2.45) is 13.0 Å². The van der Waals surface area contributed by atoms with E-state index >= 15 is 0 Å². The first-order valence-corrected chi connectivity index (χ1v) is 8.83. The molecule has 1 aromatic carbocycles. The molecule has 0 unspecified atom stereocenters. The van der Waals surface area contributed by atoms with Gasteiger partial charge in [0.1, 0.15) is 5.82 Å². The maximum absolute atomic E-state index is 13.9. The second-order valence-electron chi connectivity index (χ2n) is 7.20. The second-order valence-corrected chi connectivity index (χ2v) is 7.20. The lowest BCUT2D eigenvalue weighted by molar-refractivity contribution is -0.125. The zero-order valence-corrected chi connectivity index (χ0v) is 17.9. The molecule has 156 valence electrons. The van der Waals surface area contributed by atoms with Crippen LogP contribution in [0.15, 0.2) is 30.6 Å². The first kappa shape index (κ1) is 24.4. The van der Waals surface area contributed by atoms with Crippen molar-refractivity contribution in [1.82, 2.24) is 25.3 Å². The summed E-state index contributed by atoms with van der Waals surface area (Å²) >= 11 is 0. The number of hydrogen-bond acceptors (Lipinski definition) is 4. The Balaban J connectivity index is 0.00000196. The fourth-order valence-corrected chi connectivity index (χ4v) is 3.46. The van der Waals surface area contributed by atoms with Crippen molar-refractivity contribution < 1.29 is 9.18 Å². The molecule has 1 fully saturated rings. The maximum atomic E-state index is 13.9. The predicted octanol–water partition coefficient (Wildman–Crippen LogP) is 2.08. The number of aromatic nitrogens is 2. The molecule has 1 aliphatic rings. The molecule has 0 saturated carbocycles. The number of nitrogens with one attached hydrogen (secondary N) is 2. The van der Waals surface area contributed by atoms with Gasteiger partial charge in [0.15, 0.2) is 0 Å². The Morgan fingerprint density at radius 1 is 1.36 bits per heavy atom. The molecular formula is C19H28Cl2FN5O. The number of amides is 1. The minimum Gasteiger partial charge on any atom is -0.352 e. The van der Waals surface area contributed by atoms with E-state index in [2.05, 4.69) is 15.7 Å². The van der Waals surface area contributed by atoms with E-state index in [-0.39, 0.29) is 48.4 Å². The fourth-order valence-electron chi connectivity index (χ4n) is 3.46. The summed E-state index contributed by atoms with van der Waals surface area (Å²) in [5.41, 5.74) is 2.62. The Morgan fingerprint density at radius 2 is 2.11 bits per heavy atom. The van der Waals surface area contributed by atoms with Gasteiger partial charge in [-0.2, -0.15) is 5.10 Å². The number of hydrogen-bond donors (Lipinski definition) is 2. The summed E-state index contributed by atoms with van der Waals surface area (Å²) in [4.78, 5) is 14.6. The fraction of sp³-hybridized carbons (Fsp3) is 0.474. The summed E-state index contributed by atoms with van der Waals surface area (Å²) in [6.07, 6.45) is 3.79. The molecule has 2 aromatic rings. The number of carbonyl (C=O) groups excluding carboxylic acids is 1. The van der Waals surface area contributed by atoms with E-state index in [1.807, 2.05) is 44.5 Å². The Bertz CT molecular complexity index is 783. The Kier molecular flexibility index (Phi) is 9.36. The van der Waals surface area contributed by atoms with Crippen LogP contribution in [-0.2, 0) is 24.9 Å². The van der Waals surface area contributed by atoms with E-state index in [0.29, 0.717) is 25.2 Å². The van der Waals surface area contributed by atoms with Gasteiger partial charge in [-0.05, 0) is 37.4 Å². The summed E-state index contributed by atoms with van der Waals surface area (Å²) in [6.45, 7) is 2.35. The summed E-state index contributed by atoms with van der Waals surface area (Å²) in [6, 6.07) is 5.01. The summed E-state index contributed by atoms with van der Waals surface area (Å²) in [5.74, 6) is -0.199. The molecule has 2 heterocycles. The Hall–Kier alpha value is -1.67. The van der Waals surface area contributed by atoms with Gasteiger partial charge in [-0.25, -0.2) is 4.39 Å². The lowest BCUT2D eigenvalue weighted by Crippen LogP contribution is -2.34. The lowest BCUT2D eigenvalue weighted by atomic mass is 9.90. The number of aryl methyl sites for hydroxylation is 1. The average Bonchev–Trinajstić information content (AvgIpc) is 3.23. The molecule has 9 heteroatoms. The zero-order valence-electron chi connectivity index (χ0n) is 16.3. The molecule has 0 spiro atoms. The number of carbonyl (C=O) groups is 1. The van der Waals surface area contributed by atoms with E-state index in [1.54, 1.807) is 10.7 Å². The van der Waals surface area contributed by atoms with Gasteiger partial charge in [0.2, 0.25) is 5.91 Å². The number of nitrogens with zero attached hydrogens (tertiary/aromatic N) is 3. The van der Waals surface area contributed by atoms with E-state index in [0.717, 1.165) is 17.7 Å². The number of benzene rings is 1. The van der Waals surface area contributed by atoms with Crippen molar-refractivity contribution in [3.8, 4) is 0 Å². The molecule has 28 heavy (non-hydrogen) atoms. The van der Waals surface area contributed by atoms with Gasteiger partial charge in [-0.1, -0.05) is 6.07 Å². The van der Waals surface area contributed by atoms with Crippen LogP contribution in [0.25, 0.3) is 0 Å². The van der Waals surface area contributed by atoms with Crippen molar-refractivity contribution in [1.29, 1.82) is 0 Å². The lowest BCUT2D eigenvalue weighted by Gasteiger charge is -2.17. The third-order valence-corrected chi connectivity index (χ3v) is 4.77. The SMILES string of the molecule is CN(C)Cc1cc(CNC(=O)[C@H]2CNC[C@@H]2c2cnn(C)c2)ccc1F.Cl.Cl. The van der Waals surface area contributed by atoms with Crippen LogP contribution in [0, 0.1) is 11.7 Å². The van der Waals surface area contributed by atoms with Gasteiger partial charge in [0.25, 0.3) is 0 Å². The summed E-state index contributed by atoms with van der Waals surface area (Å²) in [7, 11) is 5.68. The second kappa shape index (κ2) is 10.8. The number of rotatable bonds is 6. The summed E-state index contributed by atoms with van der Waals surface area (Å²) in [5, 5.41) is 10.5. The summed E-state index contributed by atoms with van der Waals surface area (Å²) < 4.78 is 15.6. The molecular weight excluding hydrogens is 404 g/mol. The van der Waals surface area contributed by atoms with Crippen LogP contribution in [0.4, 0.5) is 4.39 Å². The van der Waals surface area contributed by atoms with Crippen molar-refractivity contribution in [3.63, 3.8) is 0 Å². The van der Waals surface area contributed by atoms with Crippen LogP contribution in [0.3, 0.4) is 0 Å². The maximum Gasteiger partial charge on any atom is 0.225 e. The highest BCUT2D eigenvalue weighted by molar-refractivity contribution is 5.85. The first-order valence-electron chi connectivity index (χ1n) is 8.83. The van der Waals surface area contributed by atoms with Gasteiger partial charge in [0, 0.05) is 50.9 Å². The first-order chi connectivity index (χ1) is 12.4. The van der Waals surface area contributed by atoms with Crippen molar-refractivity contribution in [3.05, 3.63) is 53.1 Å². The minimum absolute atomic E-state index is 0. The van der Waals surface area contributed by atoms with Crippen LogP contribution >= 0.6 is 24.8 Å². The molecule has 2 atom stereocenters. The molecule has 6 nitrogen and oxygen atoms in total. The largest absolute Gasteiger partial charge is 0.352 e. The van der Waals surface area contributed by atoms with Crippen molar-refractivity contribution in [2.45, 2.75) is 19.0 Å². The molecule has 3 rings (SSSR count). The van der Waals surface area contributed by atoms with E-state index in [1.165, 1.54) is 6.07 Å². The van der Waals surface area contributed by atoms with Crippen molar-refractivity contribution in [2.75, 3.05) is 27.2 Å². The van der Waals surface area contributed by atoms with Gasteiger partial charge in [-0.15, -0.1) is 24.8 Å². The average molecular weight is 432 g/mol. The standard InChI is InChI=1S/C19H26FN5O.2ClH/c1-24(2)11-14-6-13(4-5-18(14)20)7-22-19(26)17-10-21-9-16(17)15-8-23-25(3)12-15;;/h4-6,8,12,16-17,21H,7,9-11H2,1-3H3,(H,22,26);2*1H/t16-,17+;;/m1../s1. The molecule has 0 radical (unpaired) electrons. The van der Waals surface area contributed by atoms with E-state index < -0.39 is 0 Å². The minimum atomic E-state index is -0.217. The monoisotopic (exact) mass is 431 g/mol. The number of halogens is 3. The van der Waals surface area contributed by atoms with Crippen LogP contribution < -0.4 is 10.6 Å². The Morgan fingerprint density at radius 3 is 2.75 bits per heavy atom. The Labute approximate surface area is 177 Å². The molecule has 1 aromatic heterocycles. The predicted molar refractivity (Wildman–Crippen MR) is 112 cm³/mol. The van der Waals surface area contributed by atoms with Crippen LogP contribution in [0.1, 0.15) is 22.6 Å². The van der Waals surface area contributed by atoms with Gasteiger partial charge in [0.05, 0.1) is 12.1 Å². The zero-order chi connectivity index (χ0) is 18.7. The molecule has 1 amide bonds. The van der Waals surface area contributed by atoms with E-state index in [9.17, 15) is 9.18 Å². The van der Waals surface area contributed by atoms with Crippen LogP contribution in [0.2, 0.25) is 0 Å². The third-order valence-electron chi connectivity index (χ3n) is 4.77. The van der Waals surface area contributed by atoms with Crippen molar-refractivity contribution >= 4 is 30.7 Å². The van der Waals surface area contributed by atoms with Crippen LogP contribution in [0.5, 0.6) is 0 Å². The van der Waals surface area contributed by atoms with Crippen LogP contribution in [-0.4, -0.2) is 47.8 Å².